The average molecular weight is 479 g/mol. The number of thiazole rings is 1. The third-order valence-electron chi connectivity index (χ3n) is 4.19. The number of carbonyl (C=O) groups is 1. The van der Waals surface area contributed by atoms with Gasteiger partial charge in [-0.05, 0) is 36.4 Å². The molecule has 3 aromatic rings. The molecule has 0 spiro atoms. The number of rotatable bonds is 8. The van der Waals surface area contributed by atoms with E-state index in [-0.39, 0.29) is 15.8 Å². The molecule has 1 heterocycles. The number of alkyl halides is 2. The molecule has 0 fully saturated rings. The molecule has 32 heavy (non-hydrogen) atoms. The molecular weight excluding hydrogens is 462 g/mol. The lowest BCUT2D eigenvalue weighted by Gasteiger charge is -2.16. The van der Waals surface area contributed by atoms with Gasteiger partial charge < -0.3 is 10.1 Å². The Morgan fingerprint density at radius 3 is 2.59 bits per heavy atom. The minimum absolute atomic E-state index is 0.0565. The Bertz CT molecular complexity index is 1260. The van der Waals surface area contributed by atoms with Gasteiger partial charge in [0.25, 0.3) is 0 Å². The summed E-state index contributed by atoms with van der Waals surface area (Å²) < 4.78 is 55.8. The van der Waals surface area contributed by atoms with Crippen LogP contribution in [0.15, 0.2) is 58.8 Å². The number of hydrogen-bond donors (Lipinski definition) is 1. The second-order valence-corrected chi connectivity index (χ2v) is 9.26. The normalized spacial score (nSPS) is 11.4. The van der Waals surface area contributed by atoms with Crippen LogP contribution in [0, 0.1) is 11.3 Å². The van der Waals surface area contributed by atoms with Crippen LogP contribution in [0.25, 0.3) is 11.3 Å². The van der Waals surface area contributed by atoms with Gasteiger partial charge in [-0.1, -0.05) is 12.1 Å². The molecule has 0 aliphatic rings. The van der Waals surface area contributed by atoms with Gasteiger partial charge in [-0.2, -0.15) is 18.3 Å². The van der Waals surface area contributed by atoms with Gasteiger partial charge in [-0.25, -0.2) is 13.4 Å². The molecule has 0 atom stereocenters. The summed E-state index contributed by atoms with van der Waals surface area (Å²) in [6, 6.07) is 13.3. The van der Waals surface area contributed by atoms with Crippen LogP contribution in [-0.4, -0.2) is 43.8 Å². The van der Waals surface area contributed by atoms with E-state index >= 15 is 0 Å². The summed E-state index contributed by atoms with van der Waals surface area (Å²) in [7, 11) is -2.70. The van der Waals surface area contributed by atoms with E-state index < -0.39 is 29.1 Å². The van der Waals surface area contributed by atoms with E-state index in [1.807, 2.05) is 6.07 Å². The highest BCUT2D eigenvalue weighted by Gasteiger charge is 2.23. The second kappa shape index (κ2) is 9.82. The number of aromatic nitrogens is 1. The smallest absolute Gasteiger partial charge is 0.387 e. The molecule has 0 saturated carbocycles. The molecule has 0 aliphatic carbocycles. The molecule has 0 radical (unpaired) electrons. The lowest BCUT2D eigenvalue weighted by atomic mass is 10.1. The predicted molar refractivity (Wildman–Crippen MR) is 114 cm³/mol. The first kappa shape index (κ1) is 23.3. The van der Waals surface area contributed by atoms with Gasteiger partial charge in [0.2, 0.25) is 15.9 Å². The first-order valence-electron chi connectivity index (χ1n) is 8.97. The number of amides is 1. The van der Waals surface area contributed by atoms with Gasteiger partial charge in [-0.15, -0.1) is 11.3 Å². The van der Waals surface area contributed by atoms with Crippen molar-refractivity contribution in [1.29, 1.82) is 5.26 Å². The third-order valence-corrected chi connectivity index (χ3v) is 6.76. The topological polar surface area (TPSA) is 112 Å². The number of sulfonamides is 1. The van der Waals surface area contributed by atoms with Crippen LogP contribution in [0.4, 0.5) is 13.9 Å². The van der Waals surface area contributed by atoms with Crippen LogP contribution in [0.2, 0.25) is 0 Å². The SMILES string of the molecule is CN(CC(=O)Nc1nc(-c2ccccc2OC(F)F)cs1)S(=O)(=O)c1ccc(C#N)cc1. The van der Waals surface area contributed by atoms with Gasteiger partial charge in [0.15, 0.2) is 5.13 Å². The van der Waals surface area contributed by atoms with Crippen molar-refractivity contribution in [2.24, 2.45) is 0 Å². The number of nitrogens with zero attached hydrogens (tertiary/aromatic N) is 3. The Hall–Kier alpha value is -3.40. The molecule has 166 valence electrons. The molecule has 2 aromatic carbocycles. The molecule has 12 heteroatoms. The van der Waals surface area contributed by atoms with E-state index in [9.17, 15) is 22.0 Å². The summed E-state index contributed by atoms with van der Waals surface area (Å²) in [4.78, 5) is 16.5. The molecule has 1 aromatic heterocycles. The zero-order valence-corrected chi connectivity index (χ0v) is 18.2. The van der Waals surface area contributed by atoms with E-state index in [2.05, 4.69) is 15.0 Å². The number of hydrogen-bond acceptors (Lipinski definition) is 7. The van der Waals surface area contributed by atoms with Crippen LogP contribution in [-0.2, 0) is 14.8 Å². The first-order chi connectivity index (χ1) is 15.2. The Morgan fingerprint density at radius 2 is 1.94 bits per heavy atom. The number of para-hydroxylation sites is 1. The standard InChI is InChI=1S/C20H16F2N4O4S2/c1-26(32(28,29)14-8-6-13(10-23)7-9-14)11-18(27)25-20-24-16(12-31-20)15-4-2-3-5-17(15)30-19(21)22/h2-9,12,19H,11H2,1H3,(H,24,25,27). The van der Waals surface area contributed by atoms with Crippen molar-refractivity contribution >= 4 is 32.4 Å². The fraction of sp³-hybridized carbons (Fsp3) is 0.150. The van der Waals surface area contributed by atoms with Gasteiger partial charge in [0.1, 0.15) is 5.75 Å². The van der Waals surface area contributed by atoms with Crippen molar-refractivity contribution in [1.82, 2.24) is 9.29 Å². The van der Waals surface area contributed by atoms with Crippen molar-refractivity contribution in [3.05, 3.63) is 59.5 Å². The van der Waals surface area contributed by atoms with Crippen molar-refractivity contribution in [2.75, 3.05) is 18.9 Å². The molecule has 8 nitrogen and oxygen atoms in total. The Morgan fingerprint density at radius 1 is 1.25 bits per heavy atom. The summed E-state index contributed by atoms with van der Waals surface area (Å²) in [5, 5.41) is 13.0. The van der Waals surface area contributed by atoms with Gasteiger partial charge in [0, 0.05) is 18.0 Å². The van der Waals surface area contributed by atoms with E-state index in [0.717, 1.165) is 15.6 Å². The lowest BCUT2D eigenvalue weighted by molar-refractivity contribution is -0.116. The molecule has 0 unspecified atom stereocenters. The van der Waals surface area contributed by atoms with E-state index in [4.69, 9.17) is 5.26 Å². The van der Waals surface area contributed by atoms with E-state index in [0.29, 0.717) is 16.8 Å². The predicted octanol–water partition coefficient (Wildman–Crippen LogP) is 3.54. The summed E-state index contributed by atoms with van der Waals surface area (Å²) in [5.41, 5.74) is 0.953. The van der Waals surface area contributed by atoms with Gasteiger partial charge in [0.05, 0.1) is 28.8 Å². The highest BCUT2D eigenvalue weighted by Crippen LogP contribution is 2.33. The summed E-state index contributed by atoms with van der Waals surface area (Å²) >= 11 is 1.05. The molecule has 3 rings (SSSR count). The molecule has 0 saturated heterocycles. The van der Waals surface area contributed by atoms with Crippen molar-refractivity contribution in [2.45, 2.75) is 11.5 Å². The minimum Gasteiger partial charge on any atom is -0.434 e. The largest absolute Gasteiger partial charge is 0.434 e. The van der Waals surface area contributed by atoms with Crippen molar-refractivity contribution < 1.29 is 26.7 Å². The number of carbonyl (C=O) groups excluding carboxylic acids is 1. The maximum absolute atomic E-state index is 12.6. The Labute approximate surface area is 186 Å². The van der Waals surface area contributed by atoms with E-state index in [1.165, 1.54) is 37.4 Å². The zero-order chi connectivity index (χ0) is 23.3. The first-order valence-corrected chi connectivity index (χ1v) is 11.3. The monoisotopic (exact) mass is 478 g/mol. The molecule has 1 N–H and O–H groups in total. The number of anilines is 1. The fourth-order valence-electron chi connectivity index (χ4n) is 2.66. The average Bonchev–Trinajstić information content (AvgIpc) is 3.21. The van der Waals surface area contributed by atoms with Crippen LogP contribution in [0.3, 0.4) is 0 Å². The van der Waals surface area contributed by atoms with Gasteiger partial charge in [-0.3, -0.25) is 4.79 Å². The molecule has 0 bridgehead atoms. The van der Waals surface area contributed by atoms with Crippen molar-refractivity contribution in [3.63, 3.8) is 0 Å². The highest BCUT2D eigenvalue weighted by molar-refractivity contribution is 7.89. The van der Waals surface area contributed by atoms with E-state index in [1.54, 1.807) is 23.6 Å². The Kier molecular flexibility index (Phi) is 7.14. The number of nitriles is 1. The number of nitrogens with one attached hydrogen (secondary N) is 1. The lowest BCUT2D eigenvalue weighted by Crippen LogP contribution is -2.34. The molecular formula is C20H16F2N4O4S2. The Balaban J connectivity index is 1.68. The molecule has 0 aliphatic heterocycles. The maximum Gasteiger partial charge on any atom is 0.387 e. The highest BCUT2D eigenvalue weighted by atomic mass is 32.2. The molecule has 1 amide bonds. The zero-order valence-electron chi connectivity index (χ0n) is 16.5. The van der Waals surface area contributed by atoms with Crippen LogP contribution in [0.5, 0.6) is 5.75 Å². The van der Waals surface area contributed by atoms with Crippen LogP contribution in [0.1, 0.15) is 5.56 Å². The number of likely N-dealkylation sites (N-methyl/N-ethyl adjacent to an activating group) is 1. The fourth-order valence-corrected chi connectivity index (χ4v) is 4.51. The van der Waals surface area contributed by atoms with Crippen molar-refractivity contribution in [3.8, 4) is 23.1 Å². The summed E-state index contributed by atoms with van der Waals surface area (Å²) in [6.07, 6.45) is 0. The third kappa shape index (κ3) is 5.44. The number of halogens is 2. The van der Waals surface area contributed by atoms with Gasteiger partial charge >= 0.3 is 6.61 Å². The van der Waals surface area contributed by atoms with Crippen LogP contribution >= 0.6 is 11.3 Å². The number of ether oxygens (including phenoxy) is 1. The quantitative estimate of drug-likeness (QED) is 0.530. The van der Waals surface area contributed by atoms with Crippen LogP contribution < -0.4 is 10.1 Å². The minimum atomic E-state index is -3.95. The summed E-state index contributed by atoms with van der Waals surface area (Å²) in [6.45, 7) is -3.48. The second-order valence-electron chi connectivity index (χ2n) is 6.36. The maximum atomic E-state index is 12.6. The summed E-state index contributed by atoms with van der Waals surface area (Å²) in [5.74, 6) is -0.693. The number of benzene rings is 2.